The molecular formula is C14H25NO10. The summed E-state index contributed by atoms with van der Waals surface area (Å²) >= 11 is 0. The van der Waals surface area contributed by atoms with Crippen LogP contribution in [-0.2, 0) is 19.0 Å². The van der Waals surface area contributed by atoms with Gasteiger partial charge in [0.05, 0.1) is 12.7 Å². The molecule has 7 N–H and O–H groups in total. The predicted molar refractivity (Wildman–Crippen MR) is 78.8 cm³/mol. The number of hydrogen-bond acceptors (Lipinski definition) is 10. The van der Waals surface area contributed by atoms with Crippen molar-refractivity contribution in [3.05, 3.63) is 0 Å². The van der Waals surface area contributed by atoms with Gasteiger partial charge in [-0.3, -0.25) is 4.79 Å². The number of ether oxygens (including phenoxy) is 3. The average molecular weight is 367 g/mol. The van der Waals surface area contributed by atoms with Crippen molar-refractivity contribution in [2.45, 2.75) is 75.2 Å². The molecule has 2 aliphatic heterocycles. The van der Waals surface area contributed by atoms with Crippen LogP contribution in [0.5, 0.6) is 0 Å². The van der Waals surface area contributed by atoms with Crippen molar-refractivity contribution in [1.29, 1.82) is 0 Å². The summed E-state index contributed by atoms with van der Waals surface area (Å²) in [6, 6.07) is -1.24. The molecule has 1 amide bonds. The van der Waals surface area contributed by atoms with Crippen LogP contribution >= 0.6 is 0 Å². The van der Waals surface area contributed by atoms with Gasteiger partial charge in [-0.15, -0.1) is 0 Å². The van der Waals surface area contributed by atoms with Crippen LogP contribution in [0.25, 0.3) is 0 Å². The Bertz CT molecular complexity index is 465. The lowest BCUT2D eigenvalue weighted by atomic mass is 9.95. The quantitative estimate of drug-likeness (QED) is 0.257. The van der Waals surface area contributed by atoms with Gasteiger partial charge in [0.1, 0.15) is 42.7 Å². The lowest BCUT2D eigenvalue weighted by molar-refractivity contribution is -0.341. The Morgan fingerprint density at radius 3 is 2.24 bits per heavy atom. The molecule has 0 aromatic rings. The lowest BCUT2D eigenvalue weighted by Gasteiger charge is -2.46. The zero-order valence-corrected chi connectivity index (χ0v) is 13.8. The fraction of sp³-hybridized carbons (Fsp3) is 0.929. The zero-order valence-electron chi connectivity index (χ0n) is 13.8. The molecule has 2 saturated heterocycles. The molecule has 11 nitrogen and oxygen atoms in total. The number of carbonyl (C=O) groups is 1. The van der Waals surface area contributed by atoms with Crippen molar-refractivity contribution in [2.24, 2.45) is 0 Å². The molecule has 2 aliphatic rings. The Hall–Kier alpha value is -0.890. The second-order valence-corrected chi connectivity index (χ2v) is 6.25. The topological polar surface area (TPSA) is 178 Å². The Morgan fingerprint density at radius 2 is 1.68 bits per heavy atom. The SMILES string of the molecule is CC(=O)N[C@@H]1[C@@H](O)[C@H](O[C@@H]2O[C@@H](C)[C@H](O)[C@@H](O)[C@H]2O)[C@@H](CO)O[C@H]1O. The molecule has 11 heteroatoms. The first-order valence-corrected chi connectivity index (χ1v) is 7.92. The van der Waals surface area contributed by atoms with Crippen LogP contribution < -0.4 is 5.32 Å². The number of aliphatic hydroxyl groups is 6. The molecule has 10 atom stereocenters. The van der Waals surface area contributed by atoms with Crippen molar-refractivity contribution < 1.29 is 49.6 Å². The van der Waals surface area contributed by atoms with Crippen LogP contribution in [0, 0.1) is 0 Å². The van der Waals surface area contributed by atoms with Crippen LogP contribution in [0.1, 0.15) is 13.8 Å². The van der Waals surface area contributed by atoms with Crippen LogP contribution in [0.3, 0.4) is 0 Å². The van der Waals surface area contributed by atoms with Crippen molar-refractivity contribution in [3.8, 4) is 0 Å². The Morgan fingerprint density at radius 1 is 1.04 bits per heavy atom. The average Bonchev–Trinajstić information content (AvgIpc) is 2.56. The van der Waals surface area contributed by atoms with Crippen LogP contribution in [0.2, 0.25) is 0 Å². The molecular weight excluding hydrogens is 342 g/mol. The van der Waals surface area contributed by atoms with Gasteiger partial charge in [-0.25, -0.2) is 0 Å². The highest BCUT2D eigenvalue weighted by Crippen LogP contribution is 2.28. The standard InChI is InChI=1S/C14H25NO10/c1-4-8(18)10(20)11(21)14(23-4)25-12-6(3-16)24-13(22)7(9(12)19)15-5(2)17/h4,6-14,16,18-22H,3H2,1-2H3,(H,15,17)/t4-,6+,7+,8-,9+,10+,11+,12+,13+,14-/m0/s1. The molecule has 0 bridgehead atoms. The van der Waals surface area contributed by atoms with Gasteiger partial charge < -0.3 is 50.2 Å². The van der Waals surface area contributed by atoms with E-state index in [1.165, 1.54) is 13.8 Å². The van der Waals surface area contributed by atoms with E-state index < -0.39 is 73.9 Å². The monoisotopic (exact) mass is 367 g/mol. The van der Waals surface area contributed by atoms with Crippen LogP contribution in [0.15, 0.2) is 0 Å². The second kappa shape index (κ2) is 8.20. The van der Waals surface area contributed by atoms with Gasteiger partial charge in [0.2, 0.25) is 5.91 Å². The maximum Gasteiger partial charge on any atom is 0.217 e. The molecule has 0 unspecified atom stereocenters. The first-order chi connectivity index (χ1) is 11.7. The number of carbonyl (C=O) groups excluding carboxylic acids is 1. The number of aliphatic hydroxyl groups excluding tert-OH is 6. The molecule has 2 heterocycles. The van der Waals surface area contributed by atoms with Gasteiger partial charge in [-0.1, -0.05) is 0 Å². The largest absolute Gasteiger partial charge is 0.394 e. The molecule has 0 aliphatic carbocycles. The van der Waals surface area contributed by atoms with E-state index in [1.807, 2.05) is 0 Å². The van der Waals surface area contributed by atoms with E-state index >= 15 is 0 Å². The Labute approximate surface area is 143 Å². The third-order valence-electron chi connectivity index (χ3n) is 4.34. The minimum atomic E-state index is -1.62. The van der Waals surface area contributed by atoms with Crippen LogP contribution in [0.4, 0.5) is 0 Å². The highest BCUT2D eigenvalue weighted by atomic mass is 16.7. The third kappa shape index (κ3) is 4.27. The Kier molecular flexibility index (Phi) is 6.70. The smallest absolute Gasteiger partial charge is 0.217 e. The maximum absolute atomic E-state index is 11.2. The van der Waals surface area contributed by atoms with E-state index in [0.29, 0.717) is 0 Å². The van der Waals surface area contributed by atoms with E-state index in [4.69, 9.17) is 14.2 Å². The van der Waals surface area contributed by atoms with Gasteiger partial charge in [-0.05, 0) is 6.92 Å². The van der Waals surface area contributed by atoms with E-state index in [1.54, 1.807) is 0 Å². The molecule has 146 valence electrons. The molecule has 2 rings (SSSR count). The van der Waals surface area contributed by atoms with Gasteiger partial charge in [0, 0.05) is 6.92 Å². The zero-order chi connectivity index (χ0) is 18.9. The molecule has 0 saturated carbocycles. The third-order valence-corrected chi connectivity index (χ3v) is 4.34. The Balaban J connectivity index is 2.15. The highest BCUT2D eigenvalue weighted by Gasteiger charge is 2.50. The number of rotatable bonds is 4. The van der Waals surface area contributed by atoms with Crippen molar-refractivity contribution in [2.75, 3.05) is 6.61 Å². The number of hydrogen-bond donors (Lipinski definition) is 7. The normalized spacial score (nSPS) is 48.2. The molecule has 0 aromatic heterocycles. The van der Waals surface area contributed by atoms with E-state index in [2.05, 4.69) is 5.32 Å². The summed E-state index contributed by atoms with van der Waals surface area (Å²) < 4.78 is 15.9. The van der Waals surface area contributed by atoms with Gasteiger partial charge in [0.25, 0.3) is 0 Å². The fourth-order valence-corrected chi connectivity index (χ4v) is 2.92. The number of amides is 1. The van der Waals surface area contributed by atoms with Crippen molar-refractivity contribution in [3.63, 3.8) is 0 Å². The highest BCUT2D eigenvalue weighted by molar-refractivity contribution is 5.73. The van der Waals surface area contributed by atoms with E-state index in [-0.39, 0.29) is 0 Å². The molecule has 2 fully saturated rings. The first kappa shape index (κ1) is 20.4. The molecule has 0 aromatic carbocycles. The molecule has 25 heavy (non-hydrogen) atoms. The summed E-state index contributed by atoms with van der Waals surface area (Å²) in [4.78, 5) is 11.2. The molecule has 0 spiro atoms. The minimum absolute atomic E-state index is 0.533. The summed E-state index contributed by atoms with van der Waals surface area (Å²) in [5, 5.41) is 61.5. The van der Waals surface area contributed by atoms with Crippen LogP contribution in [-0.4, -0.2) is 105 Å². The summed E-state index contributed by atoms with van der Waals surface area (Å²) in [5.41, 5.74) is 0. The van der Waals surface area contributed by atoms with Gasteiger partial charge in [-0.2, -0.15) is 0 Å². The summed E-state index contributed by atoms with van der Waals surface area (Å²) in [7, 11) is 0. The van der Waals surface area contributed by atoms with E-state index in [9.17, 15) is 35.4 Å². The second-order valence-electron chi connectivity index (χ2n) is 6.25. The molecule has 0 radical (unpaired) electrons. The predicted octanol–water partition coefficient (Wildman–Crippen LogP) is -4.23. The lowest BCUT2D eigenvalue weighted by Crippen LogP contribution is -2.66. The van der Waals surface area contributed by atoms with Crippen molar-refractivity contribution in [1.82, 2.24) is 5.32 Å². The number of nitrogens with one attached hydrogen (secondary N) is 1. The van der Waals surface area contributed by atoms with Gasteiger partial charge in [0.15, 0.2) is 12.6 Å². The maximum atomic E-state index is 11.2. The summed E-state index contributed by atoms with van der Waals surface area (Å²) in [6.07, 6.45) is -12.3. The fourth-order valence-electron chi connectivity index (χ4n) is 2.92. The summed E-state index contributed by atoms with van der Waals surface area (Å²) in [5.74, 6) is -0.533. The van der Waals surface area contributed by atoms with E-state index in [0.717, 1.165) is 0 Å². The summed E-state index contributed by atoms with van der Waals surface area (Å²) in [6.45, 7) is 2.01. The first-order valence-electron chi connectivity index (χ1n) is 7.92. The minimum Gasteiger partial charge on any atom is -0.394 e. The van der Waals surface area contributed by atoms with Crippen molar-refractivity contribution >= 4 is 5.91 Å². The van der Waals surface area contributed by atoms with Gasteiger partial charge >= 0.3 is 0 Å².